The summed E-state index contributed by atoms with van der Waals surface area (Å²) in [6.07, 6.45) is 4.14. The number of ether oxygens (including phenoxy) is 1. The van der Waals surface area contributed by atoms with Crippen molar-refractivity contribution in [2.24, 2.45) is 23.2 Å². The molecule has 0 radical (unpaired) electrons. The Bertz CT molecular complexity index is 327. The minimum atomic E-state index is 0.464. The van der Waals surface area contributed by atoms with Crippen molar-refractivity contribution in [1.82, 2.24) is 10.2 Å². The van der Waals surface area contributed by atoms with Crippen LogP contribution in [0.25, 0.3) is 0 Å². The third kappa shape index (κ3) is 2.90. The number of nitrogens with zero attached hydrogens (tertiary/aromatic N) is 1. The molecule has 3 atom stereocenters. The predicted molar refractivity (Wildman–Crippen MR) is 82.8 cm³/mol. The Balaban J connectivity index is 1.54. The Hall–Kier alpha value is -0.120. The number of hydrogen-bond donors (Lipinski definition) is 1. The lowest BCUT2D eigenvalue weighted by atomic mass is 9.70. The number of morpholine rings is 1. The van der Waals surface area contributed by atoms with Crippen molar-refractivity contribution in [1.29, 1.82) is 0 Å². The summed E-state index contributed by atoms with van der Waals surface area (Å²) in [6.45, 7) is 14.3. The van der Waals surface area contributed by atoms with Crippen molar-refractivity contribution in [3.8, 4) is 0 Å². The highest BCUT2D eigenvalue weighted by atomic mass is 16.5. The van der Waals surface area contributed by atoms with E-state index in [1.807, 2.05) is 0 Å². The van der Waals surface area contributed by atoms with Gasteiger partial charge in [0.05, 0.1) is 13.2 Å². The van der Waals surface area contributed by atoms with Gasteiger partial charge in [0.15, 0.2) is 0 Å². The van der Waals surface area contributed by atoms with Crippen LogP contribution in [0.15, 0.2) is 0 Å². The van der Waals surface area contributed by atoms with Gasteiger partial charge in [0.2, 0.25) is 0 Å². The first kappa shape index (κ1) is 14.8. The number of fused-ring (bicyclic) bond motifs is 1. The van der Waals surface area contributed by atoms with Crippen LogP contribution in [0.4, 0.5) is 0 Å². The first-order valence-electron chi connectivity index (χ1n) is 8.60. The first-order chi connectivity index (χ1) is 9.58. The second-order valence-electron chi connectivity index (χ2n) is 8.00. The van der Waals surface area contributed by atoms with Crippen LogP contribution >= 0.6 is 0 Å². The quantitative estimate of drug-likeness (QED) is 0.837. The van der Waals surface area contributed by atoms with Gasteiger partial charge in [-0.25, -0.2) is 0 Å². The van der Waals surface area contributed by atoms with E-state index in [0.717, 1.165) is 37.5 Å². The van der Waals surface area contributed by atoms with Gasteiger partial charge in [-0.15, -0.1) is 0 Å². The summed E-state index contributed by atoms with van der Waals surface area (Å²) in [4.78, 5) is 2.68. The second kappa shape index (κ2) is 5.94. The van der Waals surface area contributed by atoms with Crippen LogP contribution in [0.3, 0.4) is 0 Å². The molecule has 3 heteroatoms. The van der Waals surface area contributed by atoms with E-state index in [1.165, 1.54) is 38.9 Å². The molecule has 0 amide bonds. The summed E-state index contributed by atoms with van der Waals surface area (Å²) in [5.74, 6) is 2.65. The summed E-state index contributed by atoms with van der Waals surface area (Å²) >= 11 is 0. The maximum Gasteiger partial charge on any atom is 0.0625 e. The molecule has 3 aliphatic rings. The Labute approximate surface area is 124 Å². The summed E-state index contributed by atoms with van der Waals surface area (Å²) < 4.78 is 5.75. The van der Waals surface area contributed by atoms with E-state index in [9.17, 15) is 0 Å². The van der Waals surface area contributed by atoms with Crippen LogP contribution in [0.5, 0.6) is 0 Å². The molecule has 0 bridgehead atoms. The number of rotatable bonds is 5. The Morgan fingerprint density at radius 1 is 1.30 bits per heavy atom. The van der Waals surface area contributed by atoms with Crippen LogP contribution in [-0.2, 0) is 4.74 Å². The molecule has 0 saturated carbocycles. The van der Waals surface area contributed by atoms with Gasteiger partial charge >= 0.3 is 0 Å². The van der Waals surface area contributed by atoms with Gasteiger partial charge in [-0.3, -0.25) is 4.90 Å². The lowest BCUT2D eigenvalue weighted by Gasteiger charge is -2.41. The lowest BCUT2D eigenvalue weighted by Crippen LogP contribution is -2.47. The van der Waals surface area contributed by atoms with E-state index in [4.69, 9.17) is 4.74 Å². The van der Waals surface area contributed by atoms with Crippen LogP contribution in [-0.4, -0.2) is 50.3 Å². The normalized spacial score (nSPS) is 33.8. The van der Waals surface area contributed by atoms with Gasteiger partial charge in [0.25, 0.3) is 0 Å². The number of hydrogen-bond acceptors (Lipinski definition) is 3. The van der Waals surface area contributed by atoms with Gasteiger partial charge < -0.3 is 10.1 Å². The van der Waals surface area contributed by atoms with E-state index in [1.54, 1.807) is 0 Å². The van der Waals surface area contributed by atoms with Crippen LogP contribution in [0.2, 0.25) is 0 Å². The molecule has 20 heavy (non-hydrogen) atoms. The SMILES string of the molecule is CC(CCC(C)(C)C1CCN2CCOCC12)C1CNC1. The van der Waals surface area contributed by atoms with Crippen LogP contribution in [0.1, 0.15) is 40.0 Å². The van der Waals surface area contributed by atoms with E-state index in [2.05, 4.69) is 31.0 Å². The zero-order chi connectivity index (χ0) is 14.2. The molecule has 0 aliphatic carbocycles. The molecule has 0 aromatic heterocycles. The predicted octanol–water partition coefficient (Wildman–Crippen LogP) is 2.37. The van der Waals surface area contributed by atoms with Gasteiger partial charge in [-0.05, 0) is 62.1 Å². The van der Waals surface area contributed by atoms with E-state index < -0.39 is 0 Å². The molecule has 3 fully saturated rings. The fourth-order valence-electron chi connectivity index (χ4n) is 4.45. The summed E-state index contributed by atoms with van der Waals surface area (Å²) in [7, 11) is 0. The molecule has 3 nitrogen and oxygen atoms in total. The zero-order valence-corrected chi connectivity index (χ0v) is 13.5. The van der Waals surface area contributed by atoms with Crippen LogP contribution < -0.4 is 5.32 Å². The topological polar surface area (TPSA) is 24.5 Å². The fraction of sp³-hybridized carbons (Fsp3) is 1.00. The first-order valence-corrected chi connectivity index (χ1v) is 8.60. The fourth-order valence-corrected chi connectivity index (χ4v) is 4.45. The standard InChI is InChI=1S/C17H32N2O/c1-13(14-10-18-11-14)4-6-17(2,3)15-5-7-19-8-9-20-12-16(15)19/h13-16,18H,4-12H2,1-3H3. The minimum absolute atomic E-state index is 0.464. The average Bonchev–Trinajstić information content (AvgIpc) is 2.79. The molecular weight excluding hydrogens is 248 g/mol. The Morgan fingerprint density at radius 2 is 2.10 bits per heavy atom. The summed E-state index contributed by atoms with van der Waals surface area (Å²) in [6, 6.07) is 0.694. The molecule has 3 aliphatic heterocycles. The van der Waals surface area contributed by atoms with E-state index in [0.29, 0.717) is 11.5 Å². The highest BCUT2D eigenvalue weighted by molar-refractivity contribution is 4.96. The molecule has 3 heterocycles. The van der Waals surface area contributed by atoms with E-state index >= 15 is 0 Å². The molecule has 3 saturated heterocycles. The van der Waals surface area contributed by atoms with Gasteiger partial charge in [0, 0.05) is 12.6 Å². The highest BCUT2D eigenvalue weighted by Gasteiger charge is 2.44. The maximum atomic E-state index is 5.75. The Kier molecular flexibility index (Phi) is 4.40. The van der Waals surface area contributed by atoms with Crippen molar-refractivity contribution in [3.05, 3.63) is 0 Å². The lowest BCUT2D eigenvalue weighted by molar-refractivity contribution is -0.0191. The van der Waals surface area contributed by atoms with E-state index in [-0.39, 0.29) is 0 Å². The highest BCUT2D eigenvalue weighted by Crippen LogP contribution is 2.43. The number of nitrogens with one attached hydrogen (secondary N) is 1. The van der Waals surface area contributed by atoms with Crippen LogP contribution in [0, 0.1) is 23.2 Å². The zero-order valence-electron chi connectivity index (χ0n) is 13.5. The molecular formula is C17H32N2O. The van der Waals surface area contributed by atoms with Crippen molar-refractivity contribution < 1.29 is 4.74 Å². The third-order valence-corrected chi connectivity index (χ3v) is 6.34. The molecule has 3 unspecified atom stereocenters. The maximum absolute atomic E-state index is 5.75. The second-order valence-corrected chi connectivity index (χ2v) is 8.00. The molecule has 0 spiro atoms. The largest absolute Gasteiger partial charge is 0.378 e. The van der Waals surface area contributed by atoms with Crippen molar-refractivity contribution in [3.63, 3.8) is 0 Å². The summed E-state index contributed by atoms with van der Waals surface area (Å²) in [5.41, 5.74) is 0.464. The van der Waals surface area contributed by atoms with Crippen molar-refractivity contribution in [2.45, 2.75) is 46.1 Å². The smallest absolute Gasteiger partial charge is 0.0625 e. The third-order valence-electron chi connectivity index (χ3n) is 6.34. The summed E-state index contributed by atoms with van der Waals surface area (Å²) in [5, 5.41) is 3.41. The average molecular weight is 280 g/mol. The molecule has 0 aromatic carbocycles. The van der Waals surface area contributed by atoms with Gasteiger partial charge in [-0.2, -0.15) is 0 Å². The minimum Gasteiger partial charge on any atom is -0.378 e. The molecule has 1 N–H and O–H groups in total. The van der Waals surface area contributed by atoms with Gasteiger partial charge in [0.1, 0.15) is 0 Å². The van der Waals surface area contributed by atoms with Crippen molar-refractivity contribution >= 4 is 0 Å². The van der Waals surface area contributed by atoms with Gasteiger partial charge in [-0.1, -0.05) is 20.8 Å². The Morgan fingerprint density at radius 3 is 2.80 bits per heavy atom. The molecule has 0 aromatic rings. The van der Waals surface area contributed by atoms with Crippen molar-refractivity contribution in [2.75, 3.05) is 39.4 Å². The molecule has 3 rings (SSSR count). The monoisotopic (exact) mass is 280 g/mol. The molecule has 116 valence electrons.